The van der Waals surface area contributed by atoms with Crippen LogP contribution in [-0.2, 0) is 0 Å². The zero-order valence-corrected chi connectivity index (χ0v) is 10.5. The van der Waals surface area contributed by atoms with E-state index in [4.69, 9.17) is 4.74 Å². The molecule has 0 aliphatic heterocycles. The normalized spacial score (nSPS) is 10.6. The zero-order chi connectivity index (χ0) is 10.4. The van der Waals surface area contributed by atoms with E-state index in [1.165, 1.54) is 6.33 Å². The Morgan fingerprint density at radius 1 is 1.57 bits per heavy atom. The summed E-state index contributed by atoms with van der Waals surface area (Å²) in [6.45, 7) is 5.67. The molecule has 0 saturated heterocycles. The van der Waals surface area contributed by atoms with Crippen LogP contribution in [0.15, 0.2) is 12.5 Å². The van der Waals surface area contributed by atoms with Gasteiger partial charge in [-0.3, -0.25) is 0 Å². The molecule has 0 aromatic carbocycles. The highest BCUT2D eigenvalue weighted by Crippen LogP contribution is 2.14. The molecule has 0 amide bonds. The smallest absolute Gasteiger partial charge is 0.230 e. The molecule has 0 spiro atoms. The predicted molar refractivity (Wildman–Crippen MR) is 63.4 cm³/mol. The summed E-state index contributed by atoms with van der Waals surface area (Å²) in [4.78, 5) is 7.91. The molecule has 78 valence electrons. The van der Waals surface area contributed by atoms with Crippen molar-refractivity contribution in [2.45, 2.75) is 19.9 Å². The van der Waals surface area contributed by atoms with Crippen molar-refractivity contribution < 1.29 is 4.74 Å². The first kappa shape index (κ1) is 11.6. The third-order valence-corrected chi connectivity index (χ3v) is 2.27. The van der Waals surface area contributed by atoms with Crippen LogP contribution in [0.3, 0.4) is 0 Å². The summed E-state index contributed by atoms with van der Waals surface area (Å²) in [7, 11) is 0. The van der Waals surface area contributed by atoms with E-state index < -0.39 is 0 Å². The molecule has 1 rings (SSSR count). The molecule has 0 aliphatic rings. The van der Waals surface area contributed by atoms with Gasteiger partial charge in [-0.05, 0) is 22.6 Å². The largest absolute Gasteiger partial charge is 0.475 e. The van der Waals surface area contributed by atoms with E-state index in [2.05, 4.69) is 51.7 Å². The van der Waals surface area contributed by atoms with Crippen LogP contribution in [0, 0.1) is 3.57 Å². The molecule has 0 atom stereocenters. The number of nitrogens with one attached hydrogen (secondary N) is 1. The summed E-state index contributed by atoms with van der Waals surface area (Å²) in [5.74, 6) is 0.658. The Labute approximate surface area is 97.6 Å². The number of hydrogen-bond acceptors (Lipinski definition) is 4. The van der Waals surface area contributed by atoms with Gasteiger partial charge >= 0.3 is 0 Å². The van der Waals surface area contributed by atoms with E-state index in [0.717, 1.165) is 10.1 Å². The second-order valence-electron chi connectivity index (χ2n) is 3.13. The Hall–Kier alpha value is -0.430. The summed E-state index contributed by atoms with van der Waals surface area (Å²) in [5, 5.41) is 3.26. The van der Waals surface area contributed by atoms with Crippen molar-refractivity contribution in [1.82, 2.24) is 15.3 Å². The minimum Gasteiger partial charge on any atom is -0.475 e. The van der Waals surface area contributed by atoms with E-state index >= 15 is 0 Å². The number of nitrogens with zero attached hydrogens (tertiary/aromatic N) is 2. The van der Waals surface area contributed by atoms with E-state index in [0.29, 0.717) is 18.5 Å². The second kappa shape index (κ2) is 6.13. The quantitative estimate of drug-likeness (QED) is 0.661. The fourth-order valence-electron chi connectivity index (χ4n) is 0.903. The molecule has 0 bridgehead atoms. The van der Waals surface area contributed by atoms with E-state index in [9.17, 15) is 0 Å². The van der Waals surface area contributed by atoms with Gasteiger partial charge < -0.3 is 10.1 Å². The fraction of sp³-hybridized carbons (Fsp3) is 0.556. The average molecular weight is 307 g/mol. The molecule has 1 N–H and O–H groups in total. The first-order valence-corrected chi connectivity index (χ1v) is 5.59. The standard InChI is InChI=1S/C9H14IN3O/c1-7(2)12-3-4-14-9-8(10)5-11-6-13-9/h5-7,12H,3-4H2,1-2H3. The lowest BCUT2D eigenvalue weighted by atomic mass is 10.4. The molecule has 1 heterocycles. The van der Waals surface area contributed by atoms with Crippen molar-refractivity contribution in [2.24, 2.45) is 0 Å². The predicted octanol–water partition coefficient (Wildman–Crippen LogP) is 1.46. The number of aromatic nitrogens is 2. The first-order chi connectivity index (χ1) is 6.70. The first-order valence-electron chi connectivity index (χ1n) is 4.52. The van der Waals surface area contributed by atoms with Crippen molar-refractivity contribution >= 4 is 22.6 Å². The number of ether oxygens (including phenoxy) is 1. The molecule has 5 heteroatoms. The summed E-state index contributed by atoms with van der Waals surface area (Å²) < 4.78 is 6.41. The van der Waals surface area contributed by atoms with E-state index in [1.54, 1.807) is 6.20 Å². The highest BCUT2D eigenvalue weighted by molar-refractivity contribution is 14.1. The Morgan fingerprint density at radius 3 is 3.00 bits per heavy atom. The van der Waals surface area contributed by atoms with Gasteiger partial charge in [-0.1, -0.05) is 13.8 Å². The summed E-state index contributed by atoms with van der Waals surface area (Å²) >= 11 is 2.16. The average Bonchev–Trinajstić information content (AvgIpc) is 2.15. The van der Waals surface area contributed by atoms with Crippen LogP contribution in [-0.4, -0.2) is 29.2 Å². The number of halogens is 1. The van der Waals surface area contributed by atoms with Crippen LogP contribution < -0.4 is 10.1 Å². The maximum atomic E-state index is 5.47. The topological polar surface area (TPSA) is 47.0 Å². The van der Waals surface area contributed by atoms with Crippen molar-refractivity contribution in [2.75, 3.05) is 13.2 Å². The summed E-state index contributed by atoms with van der Waals surface area (Å²) in [6, 6.07) is 0.489. The third kappa shape index (κ3) is 4.19. The van der Waals surface area contributed by atoms with Gasteiger partial charge in [0.1, 0.15) is 12.9 Å². The highest BCUT2D eigenvalue weighted by Gasteiger charge is 2.00. The van der Waals surface area contributed by atoms with E-state index in [1.807, 2.05) is 0 Å². The van der Waals surface area contributed by atoms with Crippen LogP contribution in [0.4, 0.5) is 0 Å². The van der Waals surface area contributed by atoms with Gasteiger partial charge in [-0.15, -0.1) is 0 Å². The summed E-state index contributed by atoms with van der Waals surface area (Å²) in [5.41, 5.74) is 0. The van der Waals surface area contributed by atoms with Crippen molar-refractivity contribution in [3.05, 3.63) is 16.1 Å². The molecule has 4 nitrogen and oxygen atoms in total. The SMILES string of the molecule is CC(C)NCCOc1ncncc1I. The monoisotopic (exact) mass is 307 g/mol. The van der Waals surface area contributed by atoms with Gasteiger partial charge in [0.25, 0.3) is 0 Å². The second-order valence-corrected chi connectivity index (χ2v) is 4.30. The van der Waals surface area contributed by atoms with Gasteiger partial charge in [0.15, 0.2) is 0 Å². The lowest BCUT2D eigenvalue weighted by molar-refractivity contribution is 0.295. The van der Waals surface area contributed by atoms with Crippen LogP contribution >= 0.6 is 22.6 Å². The number of hydrogen-bond donors (Lipinski definition) is 1. The van der Waals surface area contributed by atoms with Crippen LogP contribution in [0.1, 0.15) is 13.8 Å². The Kier molecular flexibility index (Phi) is 5.10. The molecule has 0 fully saturated rings. The maximum Gasteiger partial charge on any atom is 0.230 e. The Balaban J connectivity index is 2.28. The minimum atomic E-state index is 0.489. The molecule has 0 saturated carbocycles. The Bertz CT molecular complexity index is 281. The van der Waals surface area contributed by atoms with Gasteiger partial charge in [0, 0.05) is 18.8 Å². The van der Waals surface area contributed by atoms with Gasteiger partial charge in [0.2, 0.25) is 5.88 Å². The Morgan fingerprint density at radius 2 is 2.36 bits per heavy atom. The minimum absolute atomic E-state index is 0.489. The lowest BCUT2D eigenvalue weighted by Gasteiger charge is -2.09. The van der Waals surface area contributed by atoms with Crippen LogP contribution in [0.5, 0.6) is 5.88 Å². The highest BCUT2D eigenvalue weighted by atomic mass is 127. The molecular formula is C9H14IN3O. The maximum absolute atomic E-state index is 5.47. The van der Waals surface area contributed by atoms with Gasteiger partial charge in [-0.2, -0.15) is 0 Å². The molecular weight excluding hydrogens is 293 g/mol. The van der Waals surface area contributed by atoms with Crippen molar-refractivity contribution in [3.8, 4) is 5.88 Å². The van der Waals surface area contributed by atoms with Crippen LogP contribution in [0.2, 0.25) is 0 Å². The fourth-order valence-corrected chi connectivity index (χ4v) is 1.36. The number of rotatable bonds is 5. The van der Waals surface area contributed by atoms with Crippen LogP contribution in [0.25, 0.3) is 0 Å². The molecule has 0 radical (unpaired) electrons. The van der Waals surface area contributed by atoms with E-state index in [-0.39, 0.29) is 0 Å². The molecule has 0 unspecified atom stereocenters. The molecule has 1 aromatic rings. The van der Waals surface area contributed by atoms with Gasteiger partial charge in [0.05, 0.1) is 3.57 Å². The van der Waals surface area contributed by atoms with Crippen molar-refractivity contribution in [1.29, 1.82) is 0 Å². The molecule has 1 aromatic heterocycles. The lowest BCUT2D eigenvalue weighted by Crippen LogP contribution is -2.27. The zero-order valence-electron chi connectivity index (χ0n) is 8.33. The van der Waals surface area contributed by atoms with Gasteiger partial charge in [-0.25, -0.2) is 9.97 Å². The summed E-state index contributed by atoms with van der Waals surface area (Å²) in [6.07, 6.45) is 3.23. The molecule has 0 aliphatic carbocycles. The third-order valence-electron chi connectivity index (χ3n) is 1.53. The van der Waals surface area contributed by atoms with Crippen molar-refractivity contribution in [3.63, 3.8) is 0 Å². The molecule has 14 heavy (non-hydrogen) atoms.